The summed E-state index contributed by atoms with van der Waals surface area (Å²) in [5.74, 6) is -0.392. The van der Waals surface area contributed by atoms with Gasteiger partial charge in [0.25, 0.3) is 0 Å². The Balaban J connectivity index is 2.33. The van der Waals surface area contributed by atoms with Crippen molar-refractivity contribution in [2.45, 2.75) is 46.6 Å². The third-order valence-electron chi connectivity index (χ3n) is 4.00. The van der Waals surface area contributed by atoms with E-state index in [1.54, 1.807) is 32.0 Å². The van der Waals surface area contributed by atoms with Crippen LogP contribution in [-0.2, 0) is 14.3 Å². The van der Waals surface area contributed by atoms with E-state index < -0.39 is 12.0 Å². The van der Waals surface area contributed by atoms with Crippen molar-refractivity contribution in [2.24, 2.45) is 5.92 Å². The molecule has 2 rings (SSSR count). The van der Waals surface area contributed by atoms with Crippen LogP contribution in [0.4, 0.5) is 11.4 Å². The van der Waals surface area contributed by atoms with E-state index in [1.807, 2.05) is 0 Å². The third-order valence-corrected chi connectivity index (χ3v) is 4.00. The monoisotopic (exact) mass is 332 g/mol. The van der Waals surface area contributed by atoms with Gasteiger partial charge in [-0.3, -0.25) is 14.5 Å². The molecule has 1 N–H and O–H groups in total. The largest absolute Gasteiger partial charge is 0.462 e. The van der Waals surface area contributed by atoms with Gasteiger partial charge in [-0.15, -0.1) is 0 Å². The maximum atomic E-state index is 12.6. The lowest BCUT2D eigenvalue weighted by atomic mass is 10.0. The molecule has 6 nitrogen and oxygen atoms in total. The Hall–Kier alpha value is -2.37. The number of esters is 1. The van der Waals surface area contributed by atoms with Crippen molar-refractivity contribution in [1.29, 1.82) is 0 Å². The van der Waals surface area contributed by atoms with Crippen LogP contribution in [0.2, 0.25) is 0 Å². The van der Waals surface area contributed by atoms with Crippen LogP contribution in [-0.4, -0.2) is 30.4 Å². The number of hydrogen-bond acceptors (Lipinski definition) is 4. The summed E-state index contributed by atoms with van der Waals surface area (Å²) >= 11 is 0. The van der Waals surface area contributed by atoms with E-state index in [2.05, 4.69) is 19.2 Å². The zero-order valence-electron chi connectivity index (χ0n) is 14.6. The van der Waals surface area contributed by atoms with Gasteiger partial charge in [-0.05, 0) is 44.4 Å². The summed E-state index contributed by atoms with van der Waals surface area (Å²) in [7, 11) is 0. The van der Waals surface area contributed by atoms with Gasteiger partial charge in [0.05, 0.1) is 23.5 Å². The van der Waals surface area contributed by atoms with Crippen molar-refractivity contribution in [3.8, 4) is 0 Å². The number of hydrogen-bond donors (Lipinski definition) is 1. The van der Waals surface area contributed by atoms with Gasteiger partial charge in [-0.25, -0.2) is 4.79 Å². The highest BCUT2D eigenvalue weighted by Gasteiger charge is 2.34. The fourth-order valence-electron chi connectivity index (χ4n) is 2.63. The van der Waals surface area contributed by atoms with Gasteiger partial charge >= 0.3 is 5.97 Å². The Bertz CT molecular complexity index is 654. The molecule has 0 radical (unpaired) electrons. The molecule has 0 saturated carbocycles. The van der Waals surface area contributed by atoms with E-state index >= 15 is 0 Å². The Morgan fingerprint density at radius 3 is 2.67 bits per heavy atom. The summed E-state index contributed by atoms with van der Waals surface area (Å²) in [5.41, 5.74) is 1.42. The lowest BCUT2D eigenvalue weighted by Crippen LogP contribution is -2.49. The van der Waals surface area contributed by atoms with E-state index in [0.717, 1.165) is 6.42 Å². The zero-order chi connectivity index (χ0) is 17.9. The number of nitrogens with zero attached hydrogens (tertiary/aromatic N) is 1. The van der Waals surface area contributed by atoms with Gasteiger partial charge in [0.15, 0.2) is 0 Å². The van der Waals surface area contributed by atoms with Crippen LogP contribution in [0.25, 0.3) is 0 Å². The van der Waals surface area contributed by atoms with Gasteiger partial charge in [0, 0.05) is 6.42 Å². The molecule has 0 fully saturated rings. The molecule has 1 aliphatic heterocycles. The summed E-state index contributed by atoms with van der Waals surface area (Å²) in [5, 5.41) is 2.76. The predicted molar refractivity (Wildman–Crippen MR) is 92.0 cm³/mol. The van der Waals surface area contributed by atoms with Gasteiger partial charge < -0.3 is 10.1 Å². The first-order chi connectivity index (χ1) is 11.3. The summed E-state index contributed by atoms with van der Waals surface area (Å²) in [6.45, 7) is 7.82. The van der Waals surface area contributed by atoms with Crippen LogP contribution in [0.3, 0.4) is 0 Å². The lowest BCUT2D eigenvalue weighted by molar-refractivity contribution is -0.123. The number of benzene rings is 1. The fourth-order valence-corrected chi connectivity index (χ4v) is 2.63. The van der Waals surface area contributed by atoms with Crippen LogP contribution >= 0.6 is 0 Å². The Labute approximate surface area is 142 Å². The average molecular weight is 332 g/mol. The molecule has 1 aliphatic rings. The molecular weight excluding hydrogens is 308 g/mol. The second-order valence-electron chi connectivity index (χ2n) is 6.31. The second-order valence-corrected chi connectivity index (χ2v) is 6.31. The van der Waals surface area contributed by atoms with Crippen molar-refractivity contribution >= 4 is 29.2 Å². The SMILES string of the molecule is CCOC(=O)c1ccc2c(c1)NC(=O)[C@@H](C)N2C(=O)CCC(C)C. The van der Waals surface area contributed by atoms with Crippen LogP contribution in [0, 0.1) is 5.92 Å². The molecule has 0 aliphatic carbocycles. The fraction of sp³-hybridized carbons (Fsp3) is 0.500. The molecule has 0 unspecified atom stereocenters. The number of fused-ring (bicyclic) bond motifs is 1. The quantitative estimate of drug-likeness (QED) is 0.841. The summed E-state index contributed by atoms with van der Waals surface area (Å²) < 4.78 is 4.97. The summed E-state index contributed by atoms with van der Waals surface area (Å²) in [6, 6.07) is 4.28. The Morgan fingerprint density at radius 1 is 1.33 bits per heavy atom. The first-order valence-electron chi connectivity index (χ1n) is 8.29. The molecule has 0 spiro atoms. The van der Waals surface area contributed by atoms with E-state index in [4.69, 9.17) is 4.74 Å². The van der Waals surface area contributed by atoms with Gasteiger partial charge in [0.1, 0.15) is 6.04 Å². The average Bonchev–Trinajstić information content (AvgIpc) is 2.53. The first kappa shape index (κ1) is 18.0. The van der Waals surface area contributed by atoms with E-state index in [-0.39, 0.29) is 18.4 Å². The van der Waals surface area contributed by atoms with E-state index in [9.17, 15) is 14.4 Å². The molecular formula is C18H24N2O4. The highest BCUT2D eigenvalue weighted by molar-refractivity contribution is 6.12. The van der Waals surface area contributed by atoms with Crippen LogP contribution in [0.15, 0.2) is 18.2 Å². The molecule has 0 saturated heterocycles. The maximum absolute atomic E-state index is 12.6. The van der Waals surface area contributed by atoms with Gasteiger partial charge in [0.2, 0.25) is 11.8 Å². The molecule has 130 valence electrons. The molecule has 24 heavy (non-hydrogen) atoms. The standard InChI is InChI=1S/C18H24N2O4/c1-5-24-18(23)13-7-8-15-14(10-13)19-17(22)12(4)20(15)16(21)9-6-11(2)3/h7-8,10-12H,5-6,9H2,1-4H3,(H,19,22)/t12-/m1/s1. The van der Waals surface area contributed by atoms with Crippen LogP contribution < -0.4 is 10.2 Å². The van der Waals surface area contributed by atoms with Crippen molar-refractivity contribution in [3.63, 3.8) is 0 Å². The number of nitrogens with one attached hydrogen (secondary N) is 1. The van der Waals surface area contributed by atoms with Crippen LogP contribution in [0.1, 0.15) is 50.9 Å². The molecule has 1 atom stereocenters. The Kier molecular flexibility index (Phi) is 5.59. The lowest BCUT2D eigenvalue weighted by Gasteiger charge is -2.35. The zero-order valence-corrected chi connectivity index (χ0v) is 14.6. The van der Waals surface area contributed by atoms with Crippen molar-refractivity contribution in [3.05, 3.63) is 23.8 Å². The second kappa shape index (κ2) is 7.47. The highest BCUT2D eigenvalue weighted by Crippen LogP contribution is 2.34. The molecule has 1 aromatic rings. The molecule has 0 aromatic heterocycles. The summed E-state index contributed by atoms with van der Waals surface area (Å²) in [4.78, 5) is 38.2. The molecule has 1 heterocycles. The first-order valence-corrected chi connectivity index (χ1v) is 8.29. The minimum absolute atomic E-state index is 0.0869. The number of anilines is 2. The van der Waals surface area contributed by atoms with Crippen molar-refractivity contribution in [2.75, 3.05) is 16.8 Å². The smallest absolute Gasteiger partial charge is 0.338 e. The number of rotatable bonds is 5. The molecule has 2 amide bonds. The number of carbonyl (C=O) groups is 3. The van der Waals surface area contributed by atoms with E-state index in [0.29, 0.717) is 29.3 Å². The number of ether oxygens (including phenoxy) is 1. The highest BCUT2D eigenvalue weighted by atomic mass is 16.5. The Morgan fingerprint density at radius 2 is 2.04 bits per heavy atom. The van der Waals surface area contributed by atoms with Gasteiger partial charge in [-0.1, -0.05) is 13.8 Å². The van der Waals surface area contributed by atoms with Crippen molar-refractivity contribution < 1.29 is 19.1 Å². The maximum Gasteiger partial charge on any atom is 0.338 e. The molecule has 6 heteroatoms. The van der Waals surface area contributed by atoms with Crippen LogP contribution in [0.5, 0.6) is 0 Å². The van der Waals surface area contributed by atoms with Gasteiger partial charge in [-0.2, -0.15) is 0 Å². The van der Waals surface area contributed by atoms with Crippen molar-refractivity contribution in [1.82, 2.24) is 0 Å². The molecule has 0 bridgehead atoms. The minimum atomic E-state index is -0.578. The molecule has 1 aromatic carbocycles. The normalized spacial score (nSPS) is 16.6. The topological polar surface area (TPSA) is 75.7 Å². The number of amides is 2. The number of carbonyl (C=O) groups excluding carboxylic acids is 3. The third kappa shape index (κ3) is 3.75. The van der Waals surface area contributed by atoms with E-state index in [1.165, 1.54) is 4.90 Å². The predicted octanol–water partition coefficient (Wildman–Crippen LogP) is 2.97. The summed E-state index contributed by atoms with van der Waals surface area (Å²) in [6.07, 6.45) is 1.15. The minimum Gasteiger partial charge on any atom is -0.462 e.